The topological polar surface area (TPSA) is 78.3 Å². The van der Waals surface area contributed by atoms with Crippen LogP contribution in [-0.2, 0) is 16.1 Å². The van der Waals surface area contributed by atoms with Crippen molar-refractivity contribution in [2.24, 2.45) is 11.5 Å². The zero-order chi connectivity index (χ0) is 12.2. The Morgan fingerprint density at radius 1 is 1.38 bits per heavy atom. The Hall–Kier alpha value is -1.39. The molecule has 0 radical (unpaired) electrons. The average Bonchev–Trinajstić information content (AvgIpc) is 2.25. The Kier molecular flexibility index (Phi) is 4.04. The van der Waals surface area contributed by atoms with Gasteiger partial charge in [-0.2, -0.15) is 0 Å². The van der Waals surface area contributed by atoms with Crippen LogP contribution in [0.3, 0.4) is 0 Å². The van der Waals surface area contributed by atoms with Crippen LogP contribution in [0, 0.1) is 0 Å². The molecule has 0 bridgehead atoms. The lowest BCUT2D eigenvalue weighted by Crippen LogP contribution is -2.55. The molecule has 0 heterocycles. The maximum atomic E-state index is 11.5. The lowest BCUT2D eigenvalue weighted by Gasteiger charge is -2.24. The van der Waals surface area contributed by atoms with Crippen molar-refractivity contribution in [3.8, 4) is 0 Å². The number of benzene rings is 1. The van der Waals surface area contributed by atoms with Crippen molar-refractivity contribution in [3.05, 3.63) is 35.9 Å². The molecule has 0 fully saturated rings. The summed E-state index contributed by atoms with van der Waals surface area (Å²) in [6, 6.07) is 8.63. The highest BCUT2D eigenvalue weighted by Crippen LogP contribution is 2.07. The van der Waals surface area contributed by atoms with E-state index < -0.39 is 17.6 Å². The number of esters is 1. The molecule has 4 heteroatoms. The van der Waals surface area contributed by atoms with Gasteiger partial charge in [0.2, 0.25) is 0 Å². The van der Waals surface area contributed by atoms with Crippen LogP contribution in [0.25, 0.3) is 0 Å². The molecule has 0 aromatic heterocycles. The maximum Gasteiger partial charge on any atom is 0.325 e. The molecule has 1 rings (SSSR count). The van der Waals surface area contributed by atoms with Crippen LogP contribution in [0.2, 0.25) is 0 Å². The van der Waals surface area contributed by atoms with E-state index in [0.29, 0.717) is 0 Å². The second kappa shape index (κ2) is 5.09. The van der Waals surface area contributed by atoms with Gasteiger partial charge < -0.3 is 16.2 Å². The molecule has 88 valence electrons. The van der Waals surface area contributed by atoms with Crippen LogP contribution in [0.15, 0.2) is 30.3 Å². The minimum absolute atomic E-state index is 0.226. The summed E-state index contributed by atoms with van der Waals surface area (Å²) < 4.78 is 5.07. The highest BCUT2D eigenvalue weighted by Gasteiger charge is 2.29. The second-order valence-corrected chi connectivity index (χ2v) is 4.39. The Morgan fingerprint density at radius 3 is 2.44 bits per heavy atom. The molecule has 4 nitrogen and oxygen atoms in total. The van der Waals surface area contributed by atoms with Crippen molar-refractivity contribution in [3.63, 3.8) is 0 Å². The minimum atomic E-state index is -0.809. The molecule has 0 saturated carbocycles. The first kappa shape index (κ1) is 12.7. The van der Waals surface area contributed by atoms with E-state index in [1.165, 1.54) is 0 Å². The van der Waals surface area contributed by atoms with Gasteiger partial charge in [0, 0.05) is 5.54 Å². The SMILES string of the molecule is CC(C)(N)C(N)C(=O)OCc1ccccc1. The van der Waals surface area contributed by atoms with Gasteiger partial charge in [0.15, 0.2) is 0 Å². The van der Waals surface area contributed by atoms with E-state index >= 15 is 0 Å². The Bertz CT molecular complexity index is 344. The van der Waals surface area contributed by atoms with Crippen molar-refractivity contribution >= 4 is 5.97 Å². The highest BCUT2D eigenvalue weighted by atomic mass is 16.5. The summed E-state index contributed by atoms with van der Waals surface area (Å²) in [5.74, 6) is -0.476. The third-order valence-corrected chi connectivity index (χ3v) is 2.28. The van der Waals surface area contributed by atoms with Gasteiger partial charge in [0.25, 0.3) is 0 Å². The molecule has 1 unspecified atom stereocenters. The van der Waals surface area contributed by atoms with E-state index in [9.17, 15) is 4.79 Å². The van der Waals surface area contributed by atoms with Gasteiger partial charge in [-0.3, -0.25) is 4.79 Å². The molecule has 0 aliphatic rings. The van der Waals surface area contributed by atoms with Crippen LogP contribution in [-0.4, -0.2) is 17.6 Å². The smallest absolute Gasteiger partial charge is 0.325 e. The first-order valence-corrected chi connectivity index (χ1v) is 5.16. The number of rotatable bonds is 4. The van der Waals surface area contributed by atoms with E-state index in [1.54, 1.807) is 13.8 Å². The van der Waals surface area contributed by atoms with Gasteiger partial charge in [-0.15, -0.1) is 0 Å². The molecular weight excluding hydrogens is 204 g/mol. The zero-order valence-electron chi connectivity index (χ0n) is 9.64. The van der Waals surface area contributed by atoms with Gasteiger partial charge in [0.05, 0.1) is 0 Å². The zero-order valence-corrected chi connectivity index (χ0v) is 9.64. The summed E-state index contributed by atoms with van der Waals surface area (Å²) in [7, 11) is 0. The van der Waals surface area contributed by atoms with Gasteiger partial charge in [0.1, 0.15) is 12.6 Å². The van der Waals surface area contributed by atoms with Crippen LogP contribution >= 0.6 is 0 Å². The van der Waals surface area contributed by atoms with Crippen LogP contribution in [0.4, 0.5) is 0 Å². The third kappa shape index (κ3) is 3.64. The van der Waals surface area contributed by atoms with Gasteiger partial charge in [-0.25, -0.2) is 0 Å². The number of hydrogen-bond donors (Lipinski definition) is 2. The van der Waals surface area contributed by atoms with Crippen molar-refractivity contribution < 1.29 is 9.53 Å². The largest absolute Gasteiger partial charge is 0.460 e. The van der Waals surface area contributed by atoms with Gasteiger partial charge in [-0.05, 0) is 19.4 Å². The number of ether oxygens (including phenoxy) is 1. The summed E-state index contributed by atoms with van der Waals surface area (Å²) >= 11 is 0. The summed E-state index contributed by atoms with van der Waals surface area (Å²) in [5, 5.41) is 0. The summed E-state index contributed by atoms with van der Waals surface area (Å²) in [6.07, 6.45) is 0. The number of carbonyl (C=O) groups excluding carboxylic acids is 1. The molecular formula is C12H18N2O2. The first-order valence-electron chi connectivity index (χ1n) is 5.16. The molecule has 0 aliphatic heterocycles. The third-order valence-electron chi connectivity index (χ3n) is 2.28. The molecule has 0 aliphatic carbocycles. The molecule has 16 heavy (non-hydrogen) atoms. The number of carbonyl (C=O) groups is 1. The first-order chi connectivity index (χ1) is 7.41. The molecule has 1 aromatic rings. The van der Waals surface area contributed by atoms with E-state index in [1.807, 2.05) is 30.3 Å². The minimum Gasteiger partial charge on any atom is -0.460 e. The van der Waals surface area contributed by atoms with Crippen molar-refractivity contribution in [1.82, 2.24) is 0 Å². The van der Waals surface area contributed by atoms with Crippen LogP contribution < -0.4 is 11.5 Å². The quantitative estimate of drug-likeness (QED) is 0.738. The average molecular weight is 222 g/mol. The van der Waals surface area contributed by atoms with E-state index in [0.717, 1.165) is 5.56 Å². The van der Waals surface area contributed by atoms with Crippen LogP contribution in [0.1, 0.15) is 19.4 Å². The lowest BCUT2D eigenvalue weighted by atomic mass is 9.97. The summed E-state index contributed by atoms with van der Waals surface area (Å²) in [5.41, 5.74) is 11.5. The molecule has 0 spiro atoms. The highest BCUT2D eigenvalue weighted by molar-refractivity contribution is 5.77. The Balaban J connectivity index is 2.48. The van der Waals surface area contributed by atoms with Crippen molar-refractivity contribution in [2.45, 2.75) is 32.0 Å². The van der Waals surface area contributed by atoms with Crippen molar-refractivity contribution in [2.75, 3.05) is 0 Å². The second-order valence-electron chi connectivity index (χ2n) is 4.39. The Morgan fingerprint density at radius 2 is 1.94 bits per heavy atom. The standard InChI is InChI=1S/C12H18N2O2/c1-12(2,14)10(13)11(15)16-8-9-6-4-3-5-7-9/h3-7,10H,8,13-14H2,1-2H3. The molecule has 1 aromatic carbocycles. The summed E-state index contributed by atoms with van der Waals surface area (Å²) in [6.45, 7) is 3.62. The van der Waals surface area contributed by atoms with Crippen molar-refractivity contribution in [1.29, 1.82) is 0 Å². The summed E-state index contributed by atoms with van der Waals surface area (Å²) in [4.78, 5) is 11.5. The monoisotopic (exact) mass is 222 g/mol. The number of hydrogen-bond acceptors (Lipinski definition) is 4. The molecule has 0 saturated heterocycles. The fourth-order valence-corrected chi connectivity index (χ4v) is 1.12. The predicted octanol–water partition coefficient (Wildman–Crippen LogP) is 0.794. The van der Waals surface area contributed by atoms with E-state index in [-0.39, 0.29) is 6.61 Å². The molecule has 4 N–H and O–H groups in total. The normalized spacial score (nSPS) is 13.2. The van der Waals surface area contributed by atoms with Crippen LogP contribution in [0.5, 0.6) is 0 Å². The maximum absolute atomic E-state index is 11.5. The van der Waals surface area contributed by atoms with Gasteiger partial charge >= 0.3 is 5.97 Å². The fourth-order valence-electron chi connectivity index (χ4n) is 1.12. The lowest BCUT2D eigenvalue weighted by molar-refractivity contribution is -0.147. The number of nitrogens with two attached hydrogens (primary N) is 2. The van der Waals surface area contributed by atoms with Gasteiger partial charge in [-0.1, -0.05) is 30.3 Å². The molecule has 1 atom stereocenters. The Labute approximate surface area is 95.6 Å². The van der Waals surface area contributed by atoms with E-state index in [2.05, 4.69) is 0 Å². The van der Waals surface area contributed by atoms with E-state index in [4.69, 9.17) is 16.2 Å². The fraction of sp³-hybridized carbons (Fsp3) is 0.417. The predicted molar refractivity (Wildman–Crippen MR) is 62.5 cm³/mol. The molecule has 0 amide bonds.